The molecule has 2 atom stereocenters. The van der Waals surface area contributed by atoms with Crippen LogP contribution in [0.4, 0.5) is 26.3 Å². The number of nitrogens with two attached hydrogens (primary N) is 1. The van der Waals surface area contributed by atoms with Crippen LogP contribution in [0.3, 0.4) is 0 Å². The largest absolute Gasteiger partial charge is 0.416 e. The van der Waals surface area contributed by atoms with Gasteiger partial charge in [0.15, 0.2) is 0 Å². The molecule has 2 aliphatic rings. The number of rotatable bonds is 5. The number of likely N-dealkylation sites (tertiary alicyclic amines) is 1. The molecule has 0 bridgehead atoms. The number of nitrogens with zero attached hydrogens (tertiary/aromatic N) is 1. The molecular weight excluding hydrogens is 474 g/mol. The van der Waals surface area contributed by atoms with E-state index in [1.165, 1.54) is 0 Å². The van der Waals surface area contributed by atoms with E-state index in [0.29, 0.717) is 38.1 Å². The molecule has 2 fully saturated rings. The smallest absolute Gasteiger partial charge is 0.342 e. The number of piperidine rings is 1. The van der Waals surface area contributed by atoms with Crippen LogP contribution in [-0.2, 0) is 28.4 Å². The van der Waals surface area contributed by atoms with E-state index in [4.69, 9.17) is 5.73 Å². The van der Waals surface area contributed by atoms with E-state index in [1.54, 1.807) is 4.90 Å². The van der Waals surface area contributed by atoms with Gasteiger partial charge in [0.05, 0.1) is 17.0 Å². The van der Waals surface area contributed by atoms with Crippen molar-refractivity contribution in [3.63, 3.8) is 0 Å². The molecule has 4 nitrogen and oxygen atoms in total. The van der Waals surface area contributed by atoms with Gasteiger partial charge in [-0.15, -0.1) is 0 Å². The number of Topliss-reactive ketones (excluding diaryl/α,β-unsaturated/α-hetero) is 1. The molecule has 35 heavy (non-hydrogen) atoms. The third kappa shape index (κ3) is 7.44. The van der Waals surface area contributed by atoms with Gasteiger partial charge in [-0.1, -0.05) is 27.2 Å². The van der Waals surface area contributed by atoms with Gasteiger partial charge in [-0.25, -0.2) is 0 Å². The highest BCUT2D eigenvalue weighted by Gasteiger charge is 2.39. The van der Waals surface area contributed by atoms with Crippen LogP contribution < -0.4 is 5.73 Å². The van der Waals surface area contributed by atoms with Gasteiger partial charge in [0.1, 0.15) is 5.78 Å². The fraction of sp³-hybridized carbons (Fsp3) is 0.680. The lowest BCUT2D eigenvalue weighted by molar-refractivity contribution is -0.143. The van der Waals surface area contributed by atoms with E-state index in [0.717, 1.165) is 25.7 Å². The zero-order valence-corrected chi connectivity index (χ0v) is 19.1. The lowest BCUT2D eigenvalue weighted by Gasteiger charge is -2.41. The fourth-order valence-corrected chi connectivity index (χ4v) is 5.03. The standard InChI is InChI=1S/C24H30F6N2O2.CH4/c1-22(6-8-32(9-7-22)21(34)19-4-2-3-5-20(19)31)14-18(33)12-15-10-16(23(25,26)27)13-17(11-15)24(28,29)30;/h10-11,13,19-20H,2-9,12,14,31H2,1H3;1H4/t19-,20-;/m0./s1. The van der Waals surface area contributed by atoms with Crippen LogP contribution in [0.15, 0.2) is 18.2 Å². The van der Waals surface area contributed by atoms with Crippen molar-refractivity contribution >= 4 is 11.7 Å². The number of halogens is 6. The van der Waals surface area contributed by atoms with E-state index in [9.17, 15) is 35.9 Å². The molecule has 0 unspecified atom stereocenters. The Morgan fingerprint density at radius 3 is 1.97 bits per heavy atom. The van der Waals surface area contributed by atoms with Gasteiger partial charge >= 0.3 is 12.4 Å². The van der Waals surface area contributed by atoms with E-state index in [2.05, 4.69) is 0 Å². The number of alkyl halides is 6. The average molecular weight is 509 g/mol. The number of carbonyl (C=O) groups is 2. The van der Waals surface area contributed by atoms with Gasteiger partial charge in [0.2, 0.25) is 5.91 Å². The summed E-state index contributed by atoms with van der Waals surface area (Å²) in [5, 5.41) is 0. The fourth-order valence-electron chi connectivity index (χ4n) is 5.03. The molecule has 198 valence electrons. The number of carbonyl (C=O) groups excluding carboxylic acids is 2. The second kappa shape index (κ2) is 10.9. The molecule has 1 aromatic carbocycles. The maximum atomic E-state index is 13.1. The second-order valence-corrected chi connectivity index (χ2v) is 10.00. The first kappa shape index (κ1) is 29.1. The molecule has 1 aliphatic heterocycles. The first-order chi connectivity index (χ1) is 15.7. The summed E-state index contributed by atoms with van der Waals surface area (Å²) in [6, 6.07) is 1.11. The molecule has 1 aliphatic carbocycles. The second-order valence-electron chi connectivity index (χ2n) is 10.00. The summed E-state index contributed by atoms with van der Waals surface area (Å²) in [7, 11) is 0. The predicted molar refractivity (Wildman–Crippen MR) is 120 cm³/mol. The molecule has 10 heteroatoms. The summed E-state index contributed by atoms with van der Waals surface area (Å²) in [5.74, 6) is -0.586. The Bertz CT molecular complexity index is 872. The topological polar surface area (TPSA) is 63.4 Å². The molecule has 1 heterocycles. The van der Waals surface area contributed by atoms with Gasteiger partial charge < -0.3 is 10.6 Å². The molecule has 0 spiro atoms. The van der Waals surface area contributed by atoms with Crippen molar-refractivity contribution < 1.29 is 35.9 Å². The highest BCUT2D eigenvalue weighted by atomic mass is 19.4. The summed E-state index contributed by atoms with van der Waals surface area (Å²) in [5.41, 5.74) is 2.48. The maximum Gasteiger partial charge on any atom is 0.416 e. The molecular formula is C25H34F6N2O2. The van der Waals surface area contributed by atoms with Gasteiger partial charge in [-0.05, 0) is 54.9 Å². The minimum atomic E-state index is -4.95. The molecule has 1 aromatic rings. The zero-order valence-electron chi connectivity index (χ0n) is 19.1. The molecule has 2 N–H and O–H groups in total. The Hall–Kier alpha value is -2.10. The van der Waals surface area contributed by atoms with Crippen LogP contribution in [-0.4, -0.2) is 35.7 Å². The monoisotopic (exact) mass is 508 g/mol. The third-order valence-electron chi connectivity index (χ3n) is 7.09. The maximum absolute atomic E-state index is 13.1. The van der Waals surface area contributed by atoms with Crippen LogP contribution in [0.25, 0.3) is 0 Å². The van der Waals surface area contributed by atoms with Crippen molar-refractivity contribution in [2.75, 3.05) is 13.1 Å². The number of amides is 1. The predicted octanol–water partition coefficient (Wildman–Crippen LogP) is 6.01. The summed E-state index contributed by atoms with van der Waals surface area (Å²) in [4.78, 5) is 27.3. The quantitative estimate of drug-likeness (QED) is 0.496. The van der Waals surface area contributed by atoms with Crippen molar-refractivity contribution in [2.45, 2.75) is 84.1 Å². The van der Waals surface area contributed by atoms with Crippen molar-refractivity contribution in [2.24, 2.45) is 17.1 Å². The summed E-state index contributed by atoms with van der Waals surface area (Å²) in [6.45, 7) is 2.77. The zero-order chi connectivity index (χ0) is 25.3. The van der Waals surface area contributed by atoms with E-state index in [-0.39, 0.29) is 43.3 Å². The highest BCUT2D eigenvalue weighted by Crippen LogP contribution is 2.38. The molecule has 1 amide bonds. The lowest BCUT2D eigenvalue weighted by Crippen LogP contribution is -2.49. The summed E-state index contributed by atoms with van der Waals surface area (Å²) < 4.78 is 78.5. The van der Waals surface area contributed by atoms with Crippen LogP contribution in [0.1, 0.15) is 76.0 Å². The van der Waals surface area contributed by atoms with Crippen molar-refractivity contribution in [3.05, 3.63) is 34.9 Å². The first-order valence-corrected chi connectivity index (χ1v) is 11.5. The van der Waals surface area contributed by atoms with E-state index in [1.807, 2.05) is 6.92 Å². The van der Waals surface area contributed by atoms with Crippen molar-refractivity contribution in [3.8, 4) is 0 Å². The van der Waals surface area contributed by atoms with Gasteiger partial charge in [-0.2, -0.15) is 26.3 Å². The molecule has 1 saturated heterocycles. The normalized spacial score (nSPS) is 22.9. The Morgan fingerprint density at radius 1 is 0.971 bits per heavy atom. The number of benzene rings is 1. The van der Waals surface area contributed by atoms with Crippen LogP contribution in [0.5, 0.6) is 0 Å². The molecule has 1 saturated carbocycles. The molecule has 0 radical (unpaired) electrons. The van der Waals surface area contributed by atoms with Crippen molar-refractivity contribution in [1.82, 2.24) is 4.90 Å². The number of hydrogen-bond donors (Lipinski definition) is 1. The van der Waals surface area contributed by atoms with Gasteiger partial charge in [-0.3, -0.25) is 9.59 Å². The lowest BCUT2D eigenvalue weighted by atomic mass is 9.75. The van der Waals surface area contributed by atoms with Gasteiger partial charge in [0.25, 0.3) is 0 Å². The minimum absolute atomic E-state index is 0. The summed E-state index contributed by atoms with van der Waals surface area (Å²) >= 11 is 0. The Balaban J connectivity index is 0.00000432. The minimum Gasteiger partial charge on any atom is -0.342 e. The first-order valence-electron chi connectivity index (χ1n) is 11.5. The molecule has 3 rings (SSSR count). The number of hydrogen-bond acceptors (Lipinski definition) is 3. The summed E-state index contributed by atoms with van der Waals surface area (Å²) in [6.07, 6.45) is -5.76. The number of ketones is 1. The Labute approximate surface area is 202 Å². The third-order valence-corrected chi connectivity index (χ3v) is 7.09. The Morgan fingerprint density at radius 2 is 1.49 bits per heavy atom. The van der Waals surface area contributed by atoms with E-state index < -0.39 is 41.1 Å². The van der Waals surface area contributed by atoms with Gasteiger partial charge in [0, 0.05) is 32.0 Å². The average Bonchev–Trinajstić information content (AvgIpc) is 2.72. The van der Waals surface area contributed by atoms with Crippen LogP contribution in [0, 0.1) is 11.3 Å². The van der Waals surface area contributed by atoms with Crippen molar-refractivity contribution in [1.29, 1.82) is 0 Å². The Kier molecular flexibility index (Phi) is 9.06. The highest BCUT2D eigenvalue weighted by molar-refractivity contribution is 5.82. The SMILES string of the molecule is C.CC1(CC(=O)Cc2cc(C(F)(F)F)cc(C(F)(F)F)c2)CCN(C(=O)[C@H]2CCCC[C@@H]2N)CC1. The van der Waals surface area contributed by atoms with Crippen LogP contribution in [0.2, 0.25) is 0 Å². The van der Waals surface area contributed by atoms with E-state index >= 15 is 0 Å². The van der Waals surface area contributed by atoms with Crippen LogP contribution >= 0.6 is 0 Å². The molecule has 0 aromatic heterocycles.